The zero-order valence-electron chi connectivity index (χ0n) is 9.41. The summed E-state index contributed by atoms with van der Waals surface area (Å²) in [7, 11) is 0. The van der Waals surface area contributed by atoms with E-state index < -0.39 is 18.2 Å². The molecule has 0 aromatic heterocycles. The van der Waals surface area contributed by atoms with Gasteiger partial charge in [0.25, 0.3) is 0 Å². The van der Waals surface area contributed by atoms with Crippen LogP contribution in [-0.4, -0.2) is 46.4 Å². The normalized spacial score (nSPS) is 24.8. The van der Waals surface area contributed by atoms with Gasteiger partial charge in [0.15, 0.2) is 0 Å². The number of amides is 1. The van der Waals surface area contributed by atoms with Crippen LogP contribution in [0.1, 0.15) is 5.56 Å². The molecule has 2 rings (SSSR count). The summed E-state index contributed by atoms with van der Waals surface area (Å²) in [6, 6.07) is 9.53. The molecule has 0 aliphatic carbocycles. The van der Waals surface area contributed by atoms with Crippen LogP contribution in [0.25, 0.3) is 0 Å². The molecule has 92 valence electrons. The molecule has 1 heterocycles. The number of carboxylic acid groups (broad SMARTS) is 1. The second-order valence-electron chi connectivity index (χ2n) is 4.30. The molecule has 5 nitrogen and oxygen atoms in total. The van der Waals surface area contributed by atoms with E-state index in [9.17, 15) is 9.90 Å². The third-order valence-corrected chi connectivity index (χ3v) is 2.92. The summed E-state index contributed by atoms with van der Waals surface area (Å²) >= 11 is 0. The number of hydrogen-bond donors (Lipinski definition) is 3. The number of rotatable bonds is 3. The molecular formula is C12H16N2O3. The minimum absolute atomic E-state index is 0.392. The smallest absolute Gasteiger partial charge is 0.405 e. The average molecular weight is 236 g/mol. The maximum Gasteiger partial charge on any atom is 0.405 e. The van der Waals surface area contributed by atoms with Gasteiger partial charge in [-0.05, 0) is 5.56 Å². The van der Waals surface area contributed by atoms with Gasteiger partial charge in [0.2, 0.25) is 0 Å². The molecule has 5 heteroatoms. The minimum Gasteiger partial charge on any atom is -0.465 e. The van der Waals surface area contributed by atoms with Gasteiger partial charge in [0, 0.05) is 19.6 Å². The molecule has 0 bridgehead atoms. The molecular weight excluding hydrogens is 220 g/mol. The Morgan fingerprint density at radius 3 is 2.71 bits per heavy atom. The lowest BCUT2D eigenvalue weighted by Crippen LogP contribution is -2.42. The fourth-order valence-corrected chi connectivity index (χ4v) is 2.14. The first-order valence-electron chi connectivity index (χ1n) is 5.59. The fourth-order valence-electron chi connectivity index (χ4n) is 2.14. The van der Waals surface area contributed by atoms with E-state index in [-0.39, 0.29) is 0 Å². The zero-order valence-corrected chi connectivity index (χ0v) is 9.41. The average Bonchev–Trinajstić information content (AvgIpc) is 2.59. The van der Waals surface area contributed by atoms with Crippen LogP contribution < -0.4 is 5.32 Å². The second kappa shape index (κ2) is 5.16. The molecule has 0 unspecified atom stereocenters. The summed E-state index contributed by atoms with van der Waals surface area (Å²) in [5.74, 6) is 0. The molecule has 1 amide bonds. The van der Waals surface area contributed by atoms with Crippen LogP contribution in [0.3, 0.4) is 0 Å². The van der Waals surface area contributed by atoms with Crippen molar-refractivity contribution >= 4 is 6.09 Å². The van der Waals surface area contributed by atoms with E-state index in [2.05, 4.69) is 5.32 Å². The van der Waals surface area contributed by atoms with Crippen molar-refractivity contribution in [3.05, 3.63) is 35.9 Å². The predicted molar refractivity (Wildman–Crippen MR) is 62.7 cm³/mol. The summed E-state index contributed by atoms with van der Waals surface area (Å²) in [5, 5.41) is 20.7. The van der Waals surface area contributed by atoms with Crippen molar-refractivity contribution in [3.8, 4) is 0 Å². The summed E-state index contributed by atoms with van der Waals surface area (Å²) in [4.78, 5) is 12.6. The van der Waals surface area contributed by atoms with Gasteiger partial charge in [0.05, 0.1) is 12.1 Å². The molecule has 3 N–H and O–H groups in total. The molecule has 0 radical (unpaired) electrons. The van der Waals surface area contributed by atoms with E-state index >= 15 is 0 Å². The Morgan fingerprint density at radius 2 is 2.06 bits per heavy atom. The summed E-state index contributed by atoms with van der Waals surface area (Å²) in [5.41, 5.74) is 1.16. The summed E-state index contributed by atoms with van der Waals surface area (Å²) < 4.78 is 0. The lowest BCUT2D eigenvalue weighted by atomic mass is 10.2. The van der Waals surface area contributed by atoms with Crippen molar-refractivity contribution < 1.29 is 15.0 Å². The third-order valence-electron chi connectivity index (χ3n) is 2.92. The van der Waals surface area contributed by atoms with Gasteiger partial charge in [-0.15, -0.1) is 0 Å². The maximum absolute atomic E-state index is 10.5. The highest BCUT2D eigenvalue weighted by Crippen LogP contribution is 2.14. The number of nitrogens with one attached hydrogen (secondary N) is 1. The standard InChI is InChI=1S/C12H16N2O3/c15-11-8-14(7-10(11)13-12(16)17)6-9-4-2-1-3-5-9/h1-5,10-11,13,15H,6-8H2,(H,16,17)/t10-,11-/m1/s1. The highest BCUT2D eigenvalue weighted by atomic mass is 16.4. The van der Waals surface area contributed by atoms with Gasteiger partial charge >= 0.3 is 6.09 Å². The highest BCUT2D eigenvalue weighted by Gasteiger charge is 2.32. The molecule has 1 aliphatic heterocycles. The van der Waals surface area contributed by atoms with Crippen molar-refractivity contribution in [1.82, 2.24) is 10.2 Å². The molecule has 1 aliphatic rings. The van der Waals surface area contributed by atoms with Crippen LogP contribution in [0, 0.1) is 0 Å². The molecule has 1 fully saturated rings. The van der Waals surface area contributed by atoms with Crippen LogP contribution in [0.15, 0.2) is 30.3 Å². The van der Waals surface area contributed by atoms with Crippen LogP contribution in [0.5, 0.6) is 0 Å². The predicted octanol–water partition coefficient (Wildman–Crippen LogP) is 0.499. The highest BCUT2D eigenvalue weighted by molar-refractivity contribution is 5.65. The van der Waals surface area contributed by atoms with E-state index in [0.29, 0.717) is 13.1 Å². The number of likely N-dealkylation sites (tertiary alicyclic amines) is 1. The molecule has 1 saturated heterocycles. The molecule has 1 aromatic carbocycles. The Labute approximate surface area is 99.7 Å². The van der Waals surface area contributed by atoms with Crippen LogP contribution in [0.2, 0.25) is 0 Å². The van der Waals surface area contributed by atoms with Gasteiger partial charge in [-0.2, -0.15) is 0 Å². The van der Waals surface area contributed by atoms with Crippen LogP contribution >= 0.6 is 0 Å². The van der Waals surface area contributed by atoms with Crippen LogP contribution in [-0.2, 0) is 6.54 Å². The Hall–Kier alpha value is -1.59. The number of benzene rings is 1. The third kappa shape index (κ3) is 3.18. The first-order valence-corrected chi connectivity index (χ1v) is 5.59. The lowest BCUT2D eigenvalue weighted by molar-refractivity contribution is 0.143. The Balaban J connectivity index is 1.91. The monoisotopic (exact) mass is 236 g/mol. The first kappa shape index (κ1) is 11.9. The molecule has 1 aromatic rings. The quantitative estimate of drug-likeness (QED) is 0.714. The minimum atomic E-state index is -1.09. The number of aliphatic hydroxyl groups is 1. The number of carbonyl (C=O) groups is 1. The number of aliphatic hydroxyl groups excluding tert-OH is 1. The zero-order chi connectivity index (χ0) is 12.3. The molecule has 17 heavy (non-hydrogen) atoms. The van der Waals surface area contributed by atoms with Gasteiger partial charge < -0.3 is 15.5 Å². The van der Waals surface area contributed by atoms with Gasteiger partial charge in [-0.1, -0.05) is 30.3 Å². The number of nitrogens with zero attached hydrogens (tertiary/aromatic N) is 1. The van der Waals surface area contributed by atoms with Crippen molar-refractivity contribution in [2.24, 2.45) is 0 Å². The Bertz CT molecular complexity index is 383. The summed E-state index contributed by atoms with van der Waals surface area (Å²) in [6.45, 7) is 1.78. The van der Waals surface area contributed by atoms with E-state index in [1.54, 1.807) is 0 Å². The van der Waals surface area contributed by atoms with Gasteiger partial charge in [-0.25, -0.2) is 4.79 Å². The number of β-amino-alcohol motifs (C(OH)–C–C–N with tert-alkyl or cyclic N) is 1. The molecule has 0 saturated carbocycles. The number of hydrogen-bond acceptors (Lipinski definition) is 3. The van der Waals surface area contributed by atoms with Gasteiger partial charge in [0.1, 0.15) is 0 Å². The van der Waals surface area contributed by atoms with E-state index in [1.807, 2.05) is 35.2 Å². The van der Waals surface area contributed by atoms with E-state index in [0.717, 1.165) is 12.1 Å². The van der Waals surface area contributed by atoms with Crippen LogP contribution in [0.4, 0.5) is 4.79 Å². The maximum atomic E-state index is 10.5. The fraction of sp³-hybridized carbons (Fsp3) is 0.417. The largest absolute Gasteiger partial charge is 0.465 e. The summed E-state index contributed by atoms with van der Waals surface area (Å²) in [6.07, 6.45) is -1.72. The SMILES string of the molecule is O=C(O)N[C@@H]1CN(Cc2ccccc2)C[C@H]1O. The van der Waals surface area contributed by atoms with Crippen molar-refractivity contribution in [2.75, 3.05) is 13.1 Å². The topological polar surface area (TPSA) is 72.8 Å². The molecule has 2 atom stereocenters. The van der Waals surface area contributed by atoms with E-state index in [1.165, 1.54) is 0 Å². The van der Waals surface area contributed by atoms with E-state index in [4.69, 9.17) is 5.11 Å². The van der Waals surface area contributed by atoms with Gasteiger partial charge in [-0.3, -0.25) is 4.90 Å². The lowest BCUT2D eigenvalue weighted by Gasteiger charge is -2.15. The van der Waals surface area contributed by atoms with Crippen molar-refractivity contribution in [1.29, 1.82) is 0 Å². The first-order chi connectivity index (χ1) is 8.15. The van der Waals surface area contributed by atoms with Crippen molar-refractivity contribution in [3.63, 3.8) is 0 Å². The Morgan fingerprint density at radius 1 is 1.35 bits per heavy atom. The van der Waals surface area contributed by atoms with Crippen molar-refractivity contribution in [2.45, 2.75) is 18.7 Å². The molecule has 0 spiro atoms. The Kier molecular flexibility index (Phi) is 3.61. The second-order valence-corrected chi connectivity index (χ2v) is 4.30.